The van der Waals surface area contributed by atoms with Crippen molar-refractivity contribution in [3.8, 4) is 5.75 Å². The molecule has 0 fully saturated rings. The van der Waals surface area contributed by atoms with Gasteiger partial charge in [0.05, 0.1) is 0 Å². The van der Waals surface area contributed by atoms with Gasteiger partial charge in [0, 0.05) is 5.69 Å². The zero-order valence-electron chi connectivity index (χ0n) is 15.2. The fourth-order valence-corrected chi connectivity index (χ4v) is 2.65. The first-order chi connectivity index (χ1) is 11.4. The highest BCUT2D eigenvalue weighted by Crippen LogP contribution is 2.28. The van der Waals surface area contributed by atoms with Gasteiger partial charge in [-0.3, -0.25) is 4.79 Å². The lowest BCUT2D eigenvalue weighted by atomic mass is 10.0. The Morgan fingerprint density at radius 3 is 2.50 bits per heavy atom. The van der Waals surface area contributed by atoms with Crippen LogP contribution in [0.15, 0.2) is 42.5 Å². The molecule has 0 aliphatic rings. The second kappa shape index (κ2) is 8.00. The monoisotopic (exact) mass is 325 g/mol. The Morgan fingerprint density at radius 1 is 1.12 bits per heavy atom. The molecular weight excluding hydrogens is 298 g/mol. The van der Waals surface area contributed by atoms with E-state index in [0.717, 1.165) is 34.5 Å². The summed E-state index contributed by atoms with van der Waals surface area (Å²) in [5, 5.41) is 2.98. The number of para-hydroxylation sites is 1. The minimum Gasteiger partial charge on any atom is -0.481 e. The number of hydrogen-bond acceptors (Lipinski definition) is 2. The molecule has 0 aliphatic heterocycles. The number of carbonyl (C=O) groups excluding carboxylic acids is 1. The van der Waals surface area contributed by atoms with Crippen LogP contribution in [0.25, 0.3) is 0 Å². The summed E-state index contributed by atoms with van der Waals surface area (Å²) in [5.74, 6) is 1.00. The van der Waals surface area contributed by atoms with E-state index in [4.69, 9.17) is 4.74 Å². The van der Waals surface area contributed by atoms with Crippen LogP contribution in [-0.4, -0.2) is 12.0 Å². The highest BCUT2D eigenvalue weighted by Gasteiger charge is 2.18. The lowest BCUT2D eigenvalue weighted by Gasteiger charge is -2.20. The largest absolute Gasteiger partial charge is 0.481 e. The van der Waals surface area contributed by atoms with Crippen LogP contribution in [0.5, 0.6) is 5.75 Å². The Labute approximate surface area is 145 Å². The smallest absolute Gasteiger partial charge is 0.265 e. The Kier molecular flexibility index (Phi) is 6.02. The molecule has 0 spiro atoms. The molecule has 0 saturated heterocycles. The van der Waals surface area contributed by atoms with Crippen LogP contribution in [-0.2, 0) is 11.2 Å². The lowest BCUT2D eigenvalue weighted by Crippen LogP contribution is -2.30. The molecule has 2 aromatic rings. The SMILES string of the molecule is CCc1ccccc1NC(=O)C(C)Oc1cc(C)ccc1C(C)C. The molecule has 0 aromatic heterocycles. The van der Waals surface area contributed by atoms with Crippen molar-refractivity contribution in [1.82, 2.24) is 0 Å². The number of carbonyl (C=O) groups is 1. The summed E-state index contributed by atoms with van der Waals surface area (Å²) in [6.07, 6.45) is 0.315. The first kappa shape index (κ1) is 18.1. The quantitative estimate of drug-likeness (QED) is 0.803. The second-order valence-corrected chi connectivity index (χ2v) is 6.46. The fourth-order valence-electron chi connectivity index (χ4n) is 2.65. The van der Waals surface area contributed by atoms with Crippen molar-refractivity contribution in [2.75, 3.05) is 5.32 Å². The van der Waals surface area contributed by atoms with E-state index in [1.54, 1.807) is 6.92 Å². The highest BCUT2D eigenvalue weighted by atomic mass is 16.5. The second-order valence-electron chi connectivity index (χ2n) is 6.46. The highest BCUT2D eigenvalue weighted by molar-refractivity contribution is 5.94. The van der Waals surface area contributed by atoms with Crippen LogP contribution in [0.2, 0.25) is 0 Å². The number of amides is 1. The first-order valence-electron chi connectivity index (χ1n) is 8.58. The molecule has 0 bridgehead atoms. The summed E-state index contributed by atoms with van der Waals surface area (Å²) in [4.78, 5) is 12.5. The molecule has 24 heavy (non-hydrogen) atoms. The van der Waals surface area contributed by atoms with Gasteiger partial charge in [-0.2, -0.15) is 0 Å². The minimum absolute atomic E-state index is 0.132. The van der Waals surface area contributed by atoms with Crippen LogP contribution in [0.4, 0.5) is 5.69 Å². The molecule has 2 rings (SSSR count). The Morgan fingerprint density at radius 2 is 1.83 bits per heavy atom. The van der Waals surface area contributed by atoms with Crippen LogP contribution >= 0.6 is 0 Å². The fraction of sp³-hybridized carbons (Fsp3) is 0.381. The summed E-state index contributed by atoms with van der Waals surface area (Å²) in [6.45, 7) is 10.1. The topological polar surface area (TPSA) is 38.3 Å². The summed E-state index contributed by atoms with van der Waals surface area (Å²) in [6, 6.07) is 14.0. The van der Waals surface area contributed by atoms with Gasteiger partial charge >= 0.3 is 0 Å². The van der Waals surface area contributed by atoms with Crippen molar-refractivity contribution < 1.29 is 9.53 Å². The zero-order valence-corrected chi connectivity index (χ0v) is 15.2. The van der Waals surface area contributed by atoms with E-state index in [0.29, 0.717) is 5.92 Å². The number of hydrogen-bond donors (Lipinski definition) is 1. The van der Waals surface area contributed by atoms with Gasteiger partial charge in [0.25, 0.3) is 5.91 Å². The molecule has 0 aliphatic carbocycles. The van der Waals surface area contributed by atoms with E-state index in [2.05, 4.69) is 38.2 Å². The predicted molar refractivity (Wildman–Crippen MR) is 99.8 cm³/mol. The maximum Gasteiger partial charge on any atom is 0.265 e. The average Bonchev–Trinajstić information content (AvgIpc) is 2.55. The summed E-state index contributed by atoms with van der Waals surface area (Å²) < 4.78 is 5.98. The number of nitrogens with one attached hydrogen (secondary N) is 1. The molecule has 2 aromatic carbocycles. The van der Waals surface area contributed by atoms with Crippen molar-refractivity contribution in [1.29, 1.82) is 0 Å². The number of rotatable bonds is 6. The minimum atomic E-state index is -0.561. The molecular formula is C21H27NO2. The molecule has 3 heteroatoms. The van der Waals surface area contributed by atoms with Gasteiger partial charge in [-0.25, -0.2) is 0 Å². The lowest BCUT2D eigenvalue weighted by molar-refractivity contribution is -0.122. The van der Waals surface area contributed by atoms with Crippen molar-refractivity contribution in [3.63, 3.8) is 0 Å². The third-order valence-electron chi connectivity index (χ3n) is 4.12. The van der Waals surface area contributed by atoms with Gasteiger partial charge in [0.1, 0.15) is 5.75 Å². The van der Waals surface area contributed by atoms with Crippen LogP contribution in [0.1, 0.15) is 50.3 Å². The Bertz CT molecular complexity index is 707. The van der Waals surface area contributed by atoms with E-state index in [9.17, 15) is 4.79 Å². The molecule has 3 nitrogen and oxygen atoms in total. The van der Waals surface area contributed by atoms with Crippen molar-refractivity contribution in [2.45, 2.75) is 53.1 Å². The van der Waals surface area contributed by atoms with Crippen molar-refractivity contribution in [2.24, 2.45) is 0 Å². The van der Waals surface area contributed by atoms with Gasteiger partial charge in [0.2, 0.25) is 0 Å². The maximum absolute atomic E-state index is 12.5. The standard InChI is InChI=1S/C21H27NO2/c1-6-17-9-7-8-10-19(17)22-21(23)16(5)24-20-13-15(4)11-12-18(20)14(2)3/h7-14,16H,6H2,1-5H3,(H,22,23). The molecule has 1 atom stereocenters. The van der Waals surface area contributed by atoms with Crippen LogP contribution < -0.4 is 10.1 Å². The average molecular weight is 325 g/mol. The molecule has 128 valence electrons. The Hall–Kier alpha value is -2.29. The van der Waals surface area contributed by atoms with Crippen molar-refractivity contribution >= 4 is 11.6 Å². The number of benzene rings is 2. The summed E-state index contributed by atoms with van der Waals surface area (Å²) >= 11 is 0. The van der Waals surface area contributed by atoms with E-state index in [-0.39, 0.29) is 5.91 Å². The predicted octanol–water partition coefficient (Wildman–Crippen LogP) is 5.09. The van der Waals surface area contributed by atoms with E-state index in [1.165, 1.54) is 0 Å². The molecule has 1 amide bonds. The Balaban J connectivity index is 2.13. The van der Waals surface area contributed by atoms with Crippen LogP contribution in [0, 0.1) is 6.92 Å². The normalized spacial score (nSPS) is 12.1. The zero-order chi connectivity index (χ0) is 17.7. The van der Waals surface area contributed by atoms with E-state index < -0.39 is 6.10 Å². The van der Waals surface area contributed by atoms with Crippen molar-refractivity contribution in [3.05, 3.63) is 59.2 Å². The number of aryl methyl sites for hydroxylation is 2. The van der Waals surface area contributed by atoms with Gasteiger partial charge < -0.3 is 10.1 Å². The van der Waals surface area contributed by atoms with E-state index in [1.807, 2.05) is 37.3 Å². The third kappa shape index (κ3) is 4.38. The van der Waals surface area contributed by atoms with Crippen LogP contribution in [0.3, 0.4) is 0 Å². The van der Waals surface area contributed by atoms with Gasteiger partial charge in [-0.05, 0) is 55.0 Å². The molecule has 0 saturated carbocycles. The van der Waals surface area contributed by atoms with Gasteiger partial charge in [-0.1, -0.05) is 51.1 Å². The number of ether oxygens (including phenoxy) is 1. The van der Waals surface area contributed by atoms with E-state index >= 15 is 0 Å². The molecule has 1 N–H and O–H groups in total. The molecule has 0 heterocycles. The summed E-state index contributed by atoms with van der Waals surface area (Å²) in [7, 11) is 0. The third-order valence-corrected chi connectivity index (χ3v) is 4.12. The first-order valence-corrected chi connectivity index (χ1v) is 8.58. The maximum atomic E-state index is 12.5. The summed E-state index contributed by atoms with van der Waals surface area (Å²) in [5.41, 5.74) is 4.22. The molecule has 0 radical (unpaired) electrons. The van der Waals surface area contributed by atoms with Gasteiger partial charge in [-0.15, -0.1) is 0 Å². The molecule has 1 unspecified atom stereocenters. The number of anilines is 1. The van der Waals surface area contributed by atoms with Gasteiger partial charge in [0.15, 0.2) is 6.10 Å².